The van der Waals surface area contributed by atoms with Crippen LogP contribution < -0.4 is 10.1 Å². The molecule has 2 fully saturated rings. The Kier molecular flexibility index (Phi) is 5.20. The number of amides is 1. The molecule has 1 aromatic carbocycles. The zero-order valence-electron chi connectivity index (χ0n) is 14.5. The summed E-state index contributed by atoms with van der Waals surface area (Å²) in [6, 6.07) is 8.17. The third kappa shape index (κ3) is 3.81. The molecule has 136 valence electrons. The number of ether oxygens (including phenoxy) is 3. The number of carbonyl (C=O) groups is 1. The highest BCUT2D eigenvalue weighted by molar-refractivity contribution is 5.82. The molecule has 0 aromatic heterocycles. The molecular weight excluding hydrogens is 320 g/mol. The van der Waals surface area contributed by atoms with E-state index in [0.717, 1.165) is 57.3 Å². The van der Waals surface area contributed by atoms with Gasteiger partial charge in [-0.2, -0.15) is 0 Å². The van der Waals surface area contributed by atoms with Crippen LogP contribution in [0.3, 0.4) is 0 Å². The Labute approximate surface area is 148 Å². The van der Waals surface area contributed by atoms with E-state index in [1.165, 1.54) is 0 Å². The minimum absolute atomic E-state index is 0.0200. The fourth-order valence-electron chi connectivity index (χ4n) is 4.01. The summed E-state index contributed by atoms with van der Waals surface area (Å²) in [4.78, 5) is 15.0. The molecule has 6 heteroatoms. The molecule has 3 atom stereocenters. The number of morpholine rings is 1. The van der Waals surface area contributed by atoms with E-state index in [2.05, 4.69) is 10.2 Å². The average molecular weight is 346 g/mol. The van der Waals surface area contributed by atoms with E-state index in [0.29, 0.717) is 24.9 Å². The number of hydrogen-bond donors (Lipinski definition) is 1. The lowest BCUT2D eigenvalue weighted by Crippen LogP contribution is -2.53. The first-order valence-corrected chi connectivity index (χ1v) is 9.23. The van der Waals surface area contributed by atoms with Gasteiger partial charge in [0.1, 0.15) is 5.75 Å². The van der Waals surface area contributed by atoms with Gasteiger partial charge in [-0.15, -0.1) is 0 Å². The predicted octanol–water partition coefficient (Wildman–Crippen LogP) is 0.844. The van der Waals surface area contributed by atoms with Crippen molar-refractivity contribution in [1.82, 2.24) is 10.2 Å². The quantitative estimate of drug-likeness (QED) is 0.856. The molecule has 0 radical (unpaired) electrons. The molecule has 0 saturated carbocycles. The van der Waals surface area contributed by atoms with Gasteiger partial charge in [0.2, 0.25) is 0 Å². The first kappa shape index (κ1) is 16.8. The van der Waals surface area contributed by atoms with Crippen LogP contribution in [0.4, 0.5) is 0 Å². The molecule has 4 rings (SSSR count). The molecule has 1 aromatic rings. The number of hydrogen-bond acceptors (Lipinski definition) is 5. The first-order valence-electron chi connectivity index (χ1n) is 9.23. The molecule has 0 unspecified atom stereocenters. The van der Waals surface area contributed by atoms with Crippen LogP contribution in [0.1, 0.15) is 12.0 Å². The van der Waals surface area contributed by atoms with Crippen molar-refractivity contribution < 1.29 is 19.0 Å². The molecule has 25 heavy (non-hydrogen) atoms. The topological polar surface area (TPSA) is 60.0 Å². The second kappa shape index (κ2) is 7.72. The Bertz CT molecular complexity index is 572. The molecule has 0 aliphatic carbocycles. The van der Waals surface area contributed by atoms with E-state index in [-0.39, 0.29) is 5.91 Å². The Balaban J connectivity index is 1.35. The summed E-state index contributed by atoms with van der Waals surface area (Å²) in [7, 11) is 0. The number of benzene rings is 1. The van der Waals surface area contributed by atoms with Crippen molar-refractivity contribution in [2.24, 2.45) is 5.92 Å². The zero-order valence-corrected chi connectivity index (χ0v) is 14.5. The molecule has 1 amide bonds. The normalized spacial score (nSPS) is 27.5. The maximum absolute atomic E-state index is 12.6. The highest BCUT2D eigenvalue weighted by Gasteiger charge is 2.34. The number of para-hydroxylation sites is 1. The highest BCUT2D eigenvalue weighted by Crippen LogP contribution is 2.28. The van der Waals surface area contributed by atoms with Crippen molar-refractivity contribution in [2.75, 3.05) is 46.1 Å². The van der Waals surface area contributed by atoms with Gasteiger partial charge in [-0.05, 0) is 18.1 Å². The Morgan fingerprint density at radius 1 is 1.20 bits per heavy atom. The lowest BCUT2D eigenvalue weighted by molar-refractivity contribution is -0.127. The van der Waals surface area contributed by atoms with Gasteiger partial charge in [0, 0.05) is 44.6 Å². The van der Waals surface area contributed by atoms with Crippen LogP contribution in [0, 0.1) is 5.92 Å². The Morgan fingerprint density at radius 3 is 2.80 bits per heavy atom. The Hall–Kier alpha value is -1.63. The second-order valence-electron chi connectivity index (χ2n) is 7.00. The van der Waals surface area contributed by atoms with Gasteiger partial charge in [0.05, 0.1) is 19.8 Å². The molecule has 2 saturated heterocycles. The van der Waals surface area contributed by atoms with Crippen LogP contribution in [0.2, 0.25) is 0 Å². The number of nitrogens with zero attached hydrogens (tertiary/aromatic N) is 1. The summed E-state index contributed by atoms with van der Waals surface area (Å²) in [5.74, 6) is 1.28. The summed E-state index contributed by atoms with van der Waals surface area (Å²) >= 11 is 0. The summed E-state index contributed by atoms with van der Waals surface area (Å²) in [6.07, 6.45) is 1.29. The highest BCUT2D eigenvalue weighted by atomic mass is 16.5. The first-order chi connectivity index (χ1) is 12.3. The van der Waals surface area contributed by atoms with Crippen molar-refractivity contribution in [3.05, 3.63) is 29.8 Å². The lowest BCUT2D eigenvalue weighted by Gasteiger charge is -2.37. The van der Waals surface area contributed by atoms with E-state index in [1.807, 2.05) is 24.3 Å². The van der Waals surface area contributed by atoms with Crippen LogP contribution in [-0.2, 0) is 20.7 Å². The van der Waals surface area contributed by atoms with E-state index >= 15 is 0 Å². The maximum Gasteiger partial charge on any atom is 0.261 e. The zero-order chi connectivity index (χ0) is 17.1. The van der Waals surface area contributed by atoms with Crippen LogP contribution >= 0.6 is 0 Å². The summed E-state index contributed by atoms with van der Waals surface area (Å²) in [5.41, 5.74) is 1.11. The largest absolute Gasteiger partial charge is 0.480 e. The third-order valence-corrected chi connectivity index (χ3v) is 5.45. The summed E-state index contributed by atoms with van der Waals surface area (Å²) < 4.78 is 16.9. The maximum atomic E-state index is 12.6. The molecule has 1 N–H and O–H groups in total. The van der Waals surface area contributed by atoms with Crippen LogP contribution in [-0.4, -0.2) is 69.0 Å². The second-order valence-corrected chi connectivity index (χ2v) is 7.00. The van der Waals surface area contributed by atoms with Crippen molar-refractivity contribution in [2.45, 2.75) is 25.0 Å². The minimum Gasteiger partial charge on any atom is -0.480 e. The molecule has 3 aliphatic heterocycles. The third-order valence-electron chi connectivity index (χ3n) is 5.45. The van der Waals surface area contributed by atoms with Crippen LogP contribution in [0.5, 0.6) is 5.75 Å². The SMILES string of the molecule is O=C(NC[C@H]([C@H]1CCOC1)N1CCOCC1)[C@H]1Cc2ccccc2O1. The van der Waals surface area contributed by atoms with E-state index in [4.69, 9.17) is 14.2 Å². The smallest absolute Gasteiger partial charge is 0.261 e. The summed E-state index contributed by atoms with van der Waals surface area (Å²) in [5, 5.41) is 3.13. The van der Waals surface area contributed by atoms with Crippen molar-refractivity contribution >= 4 is 5.91 Å². The number of carbonyl (C=O) groups excluding carboxylic acids is 1. The van der Waals surface area contributed by atoms with Gasteiger partial charge in [-0.25, -0.2) is 0 Å². The Morgan fingerprint density at radius 2 is 2.04 bits per heavy atom. The number of rotatable bonds is 5. The molecular formula is C19H26N2O4. The number of nitrogens with one attached hydrogen (secondary N) is 1. The molecule has 3 aliphatic rings. The van der Waals surface area contributed by atoms with Crippen molar-refractivity contribution in [3.8, 4) is 5.75 Å². The van der Waals surface area contributed by atoms with E-state index in [9.17, 15) is 4.79 Å². The fourth-order valence-corrected chi connectivity index (χ4v) is 4.01. The van der Waals surface area contributed by atoms with Gasteiger partial charge < -0.3 is 19.5 Å². The van der Waals surface area contributed by atoms with Crippen molar-refractivity contribution in [3.63, 3.8) is 0 Å². The van der Waals surface area contributed by atoms with Crippen LogP contribution in [0.25, 0.3) is 0 Å². The van der Waals surface area contributed by atoms with Crippen molar-refractivity contribution in [1.29, 1.82) is 0 Å². The van der Waals surface area contributed by atoms with E-state index < -0.39 is 6.10 Å². The molecule has 0 bridgehead atoms. The van der Waals surface area contributed by atoms with Gasteiger partial charge in [0.25, 0.3) is 5.91 Å². The standard InChI is InChI=1S/C19H26N2O4/c22-19(18-11-14-3-1-2-4-17(14)25-18)20-12-16(15-5-8-24-13-15)21-6-9-23-10-7-21/h1-4,15-16,18H,5-13H2,(H,20,22)/t15-,16+,18+/m0/s1. The van der Waals surface area contributed by atoms with Gasteiger partial charge in [-0.1, -0.05) is 18.2 Å². The van der Waals surface area contributed by atoms with Crippen LogP contribution in [0.15, 0.2) is 24.3 Å². The summed E-state index contributed by atoms with van der Waals surface area (Å²) in [6.45, 7) is 5.61. The molecule has 0 spiro atoms. The lowest BCUT2D eigenvalue weighted by atomic mass is 9.96. The fraction of sp³-hybridized carbons (Fsp3) is 0.632. The molecule has 3 heterocycles. The van der Waals surface area contributed by atoms with Gasteiger partial charge in [0.15, 0.2) is 6.10 Å². The number of fused-ring (bicyclic) bond motifs is 1. The monoisotopic (exact) mass is 346 g/mol. The van der Waals surface area contributed by atoms with Gasteiger partial charge >= 0.3 is 0 Å². The van der Waals surface area contributed by atoms with Gasteiger partial charge in [-0.3, -0.25) is 9.69 Å². The molecule has 6 nitrogen and oxygen atoms in total. The minimum atomic E-state index is -0.414. The van der Waals surface area contributed by atoms with E-state index in [1.54, 1.807) is 0 Å². The predicted molar refractivity (Wildman–Crippen MR) is 92.7 cm³/mol. The average Bonchev–Trinajstić information content (AvgIpc) is 3.32.